The Morgan fingerprint density at radius 1 is 1.03 bits per heavy atom. The van der Waals surface area contributed by atoms with Crippen LogP contribution in [0.3, 0.4) is 0 Å². The topological polar surface area (TPSA) is 89.9 Å². The van der Waals surface area contributed by atoms with Gasteiger partial charge in [-0.3, -0.25) is 0 Å². The van der Waals surface area contributed by atoms with E-state index < -0.39 is 11.6 Å². The van der Waals surface area contributed by atoms with Crippen LogP contribution in [-0.4, -0.2) is 11.1 Å². The van der Waals surface area contributed by atoms with Crippen molar-refractivity contribution in [1.82, 2.24) is 0 Å². The molecule has 0 aliphatic heterocycles. The molecule has 4 aromatic rings. The van der Waals surface area contributed by atoms with Gasteiger partial charge in [-0.1, -0.05) is 43.7 Å². The normalized spacial score (nSPS) is 11.0. The van der Waals surface area contributed by atoms with Crippen LogP contribution in [0.4, 0.5) is 0 Å². The van der Waals surface area contributed by atoms with E-state index in [1.807, 2.05) is 36.4 Å². The molecule has 2 heterocycles. The lowest BCUT2D eigenvalue weighted by molar-refractivity contribution is 0.0658. The molecule has 0 unspecified atom stereocenters. The molecule has 0 aliphatic rings. The largest absolute Gasteiger partial charge is 0.485 e. The number of rotatable bonds is 7. The van der Waals surface area contributed by atoms with Gasteiger partial charge in [0.15, 0.2) is 0 Å². The Bertz CT molecular complexity index is 1250. The zero-order valence-electron chi connectivity index (χ0n) is 16.4. The Balaban J connectivity index is 1.75. The molecule has 0 radical (unpaired) electrons. The van der Waals surface area contributed by atoms with Gasteiger partial charge < -0.3 is 18.7 Å². The van der Waals surface area contributed by atoms with Gasteiger partial charge >= 0.3 is 11.6 Å². The summed E-state index contributed by atoms with van der Waals surface area (Å²) >= 11 is 0. The highest BCUT2D eigenvalue weighted by Crippen LogP contribution is 2.33. The predicted molar refractivity (Wildman–Crippen MR) is 112 cm³/mol. The van der Waals surface area contributed by atoms with Crippen LogP contribution in [0.25, 0.3) is 22.1 Å². The van der Waals surface area contributed by atoms with E-state index in [4.69, 9.17) is 18.7 Å². The summed E-state index contributed by atoms with van der Waals surface area (Å²) in [5.74, 6) is -0.298. The SMILES string of the molecule is CCCc1cc2c(-c3ccccc3)cc(=O)oc2cc1OCc1ccc(C(=O)O)o1. The average molecular weight is 404 g/mol. The van der Waals surface area contributed by atoms with E-state index in [2.05, 4.69) is 6.92 Å². The van der Waals surface area contributed by atoms with Gasteiger partial charge in [-0.05, 0) is 41.3 Å². The molecule has 0 bridgehead atoms. The summed E-state index contributed by atoms with van der Waals surface area (Å²) < 4.78 is 16.6. The first-order valence-electron chi connectivity index (χ1n) is 9.66. The van der Waals surface area contributed by atoms with Crippen LogP contribution in [0.1, 0.15) is 35.2 Å². The Labute approximate surface area is 172 Å². The van der Waals surface area contributed by atoms with Crippen LogP contribution in [0.2, 0.25) is 0 Å². The minimum atomic E-state index is -1.13. The summed E-state index contributed by atoms with van der Waals surface area (Å²) in [6.07, 6.45) is 1.68. The summed E-state index contributed by atoms with van der Waals surface area (Å²) in [5.41, 5.74) is 2.71. The third kappa shape index (κ3) is 3.98. The van der Waals surface area contributed by atoms with Crippen molar-refractivity contribution in [2.24, 2.45) is 0 Å². The molecule has 0 saturated heterocycles. The molecule has 6 nitrogen and oxygen atoms in total. The molecule has 2 aromatic carbocycles. The van der Waals surface area contributed by atoms with Crippen molar-refractivity contribution in [3.8, 4) is 16.9 Å². The summed E-state index contributed by atoms with van der Waals surface area (Å²) in [4.78, 5) is 23.1. The van der Waals surface area contributed by atoms with Gasteiger partial charge in [0, 0.05) is 17.5 Å². The Hall–Kier alpha value is -3.80. The van der Waals surface area contributed by atoms with E-state index >= 15 is 0 Å². The molecule has 30 heavy (non-hydrogen) atoms. The van der Waals surface area contributed by atoms with Crippen LogP contribution >= 0.6 is 0 Å². The third-order valence-electron chi connectivity index (χ3n) is 4.77. The van der Waals surface area contributed by atoms with E-state index in [0.717, 1.165) is 34.9 Å². The van der Waals surface area contributed by atoms with Gasteiger partial charge in [0.2, 0.25) is 5.76 Å². The summed E-state index contributed by atoms with van der Waals surface area (Å²) in [6, 6.07) is 17.9. The van der Waals surface area contributed by atoms with E-state index in [1.165, 1.54) is 12.1 Å². The second-order valence-electron chi connectivity index (χ2n) is 6.91. The van der Waals surface area contributed by atoms with Crippen LogP contribution < -0.4 is 10.4 Å². The monoisotopic (exact) mass is 404 g/mol. The van der Waals surface area contributed by atoms with Crippen molar-refractivity contribution in [3.63, 3.8) is 0 Å². The fourth-order valence-electron chi connectivity index (χ4n) is 3.41. The number of aryl methyl sites for hydroxylation is 1. The molecule has 0 atom stereocenters. The van der Waals surface area contributed by atoms with Gasteiger partial charge in [0.25, 0.3) is 0 Å². The van der Waals surface area contributed by atoms with E-state index in [9.17, 15) is 9.59 Å². The molecule has 0 amide bonds. The molecule has 2 aromatic heterocycles. The van der Waals surface area contributed by atoms with Crippen molar-refractivity contribution in [2.45, 2.75) is 26.4 Å². The molecule has 4 rings (SSSR count). The zero-order chi connectivity index (χ0) is 21.1. The Morgan fingerprint density at radius 3 is 2.53 bits per heavy atom. The number of ether oxygens (including phenoxy) is 1. The molecular weight excluding hydrogens is 384 g/mol. The first-order chi connectivity index (χ1) is 14.5. The lowest BCUT2D eigenvalue weighted by Crippen LogP contribution is -2.02. The summed E-state index contributed by atoms with van der Waals surface area (Å²) in [7, 11) is 0. The van der Waals surface area contributed by atoms with Crippen LogP contribution in [0.15, 0.2) is 74.3 Å². The number of carboxylic acid groups (broad SMARTS) is 1. The zero-order valence-corrected chi connectivity index (χ0v) is 16.4. The lowest BCUT2D eigenvalue weighted by Gasteiger charge is -2.13. The Morgan fingerprint density at radius 2 is 1.83 bits per heavy atom. The highest BCUT2D eigenvalue weighted by atomic mass is 16.5. The van der Waals surface area contributed by atoms with E-state index in [1.54, 1.807) is 12.1 Å². The van der Waals surface area contributed by atoms with E-state index in [-0.39, 0.29) is 12.4 Å². The molecule has 1 N–H and O–H groups in total. The summed E-state index contributed by atoms with van der Waals surface area (Å²) in [5, 5.41) is 9.82. The van der Waals surface area contributed by atoms with Crippen molar-refractivity contribution >= 4 is 16.9 Å². The van der Waals surface area contributed by atoms with Crippen molar-refractivity contribution < 1.29 is 23.5 Å². The van der Waals surface area contributed by atoms with Gasteiger partial charge in [-0.2, -0.15) is 0 Å². The number of hydrogen-bond donors (Lipinski definition) is 1. The second kappa shape index (κ2) is 8.29. The number of hydrogen-bond acceptors (Lipinski definition) is 5. The van der Waals surface area contributed by atoms with E-state index in [0.29, 0.717) is 17.1 Å². The number of aromatic carboxylic acids is 1. The van der Waals surface area contributed by atoms with Crippen LogP contribution in [-0.2, 0) is 13.0 Å². The highest BCUT2D eigenvalue weighted by molar-refractivity contribution is 5.94. The maximum atomic E-state index is 12.2. The minimum Gasteiger partial charge on any atom is -0.485 e. The average Bonchev–Trinajstić information content (AvgIpc) is 3.22. The number of fused-ring (bicyclic) bond motifs is 1. The van der Waals surface area contributed by atoms with Gasteiger partial charge in [-0.15, -0.1) is 0 Å². The summed E-state index contributed by atoms with van der Waals surface area (Å²) in [6.45, 7) is 2.14. The molecule has 0 aliphatic carbocycles. The molecule has 0 fully saturated rings. The number of carbonyl (C=O) groups is 1. The third-order valence-corrected chi connectivity index (χ3v) is 4.77. The standard InChI is InChI=1S/C24H20O6/c1-2-6-16-11-19-18(15-7-4-3-5-8-15)12-23(25)30-22(19)13-21(16)28-14-17-9-10-20(29-17)24(26)27/h3-5,7-13H,2,6,14H2,1H3,(H,26,27). The predicted octanol–water partition coefficient (Wildman–Crippen LogP) is 5.28. The number of carboxylic acids is 1. The Kier molecular flexibility index (Phi) is 5.39. The van der Waals surface area contributed by atoms with Crippen molar-refractivity contribution in [1.29, 1.82) is 0 Å². The fraction of sp³-hybridized carbons (Fsp3) is 0.167. The molecule has 0 spiro atoms. The van der Waals surface area contributed by atoms with Crippen LogP contribution in [0, 0.1) is 0 Å². The van der Waals surface area contributed by atoms with Crippen molar-refractivity contribution in [2.75, 3.05) is 0 Å². The molecule has 152 valence electrons. The van der Waals surface area contributed by atoms with Gasteiger partial charge in [0.1, 0.15) is 23.7 Å². The van der Waals surface area contributed by atoms with Gasteiger partial charge in [-0.25, -0.2) is 9.59 Å². The van der Waals surface area contributed by atoms with Gasteiger partial charge in [0.05, 0.1) is 0 Å². The number of furan rings is 1. The minimum absolute atomic E-state index is 0.0676. The fourth-order valence-corrected chi connectivity index (χ4v) is 3.41. The quantitative estimate of drug-likeness (QED) is 0.421. The highest BCUT2D eigenvalue weighted by Gasteiger charge is 2.15. The molecule has 0 saturated carbocycles. The number of benzene rings is 2. The van der Waals surface area contributed by atoms with Crippen molar-refractivity contribution in [3.05, 3.63) is 88.2 Å². The molecular formula is C24H20O6. The molecule has 6 heteroatoms. The smallest absolute Gasteiger partial charge is 0.371 e. The maximum absolute atomic E-state index is 12.2. The maximum Gasteiger partial charge on any atom is 0.371 e. The first kappa shape index (κ1) is 19.5. The first-order valence-corrected chi connectivity index (χ1v) is 9.66. The second-order valence-corrected chi connectivity index (χ2v) is 6.91. The lowest BCUT2D eigenvalue weighted by atomic mass is 9.98. The van der Waals surface area contributed by atoms with Crippen LogP contribution in [0.5, 0.6) is 5.75 Å².